The van der Waals surface area contributed by atoms with Crippen molar-refractivity contribution in [3.05, 3.63) is 224 Å². The molecule has 0 heterocycles. The molecule has 328 valence electrons. The summed E-state index contributed by atoms with van der Waals surface area (Å²) >= 11 is 0. The smallest absolute Gasteiger partial charge is 0.346 e. The van der Waals surface area contributed by atoms with Gasteiger partial charge >= 0.3 is 23.9 Å². The molecule has 14 nitrogen and oxygen atoms in total. The number of nitriles is 2. The van der Waals surface area contributed by atoms with Gasteiger partial charge in [-0.1, -0.05) is 84.9 Å². The predicted molar refractivity (Wildman–Crippen MR) is 258 cm³/mol. The van der Waals surface area contributed by atoms with Crippen molar-refractivity contribution in [2.24, 2.45) is 0 Å². The molecule has 0 aliphatic heterocycles. The molecule has 68 heavy (non-hydrogen) atoms. The first kappa shape index (κ1) is 47.0. The Labute approximate surface area is 389 Å². The number of benzene rings is 6. The topological polar surface area (TPSA) is 212 Å². The number of rotatable bonds is 16. The molecule has 0 aliphatic carbocycles. The number of carboxylic acid groups (broad SMARTS) is 4. The summed E-state index contributed by atoms with van der Waals surface area (Å²) in [7, 11) is 0. The van der Waals surface area contributed by atoms with Crippen molar-refractivity contribution in [2.75, 3.05) is 9.80 Å². The van der Waals surface area contributed by atoms with E-state index in [0.717, 1.165) is 22.5 Å². The number of hydrogen-bond acceptors (Lipinski definition) is 8. The van der Waals surface area contributed by atoms with E-state index in [-0.39, 0.29) is 0 Å². The molecule has 0 amide bonds. The van der Waals surface area contributed by atoms with Crippen LogP contribution in [-0.4, -0.2) is 44.3 Å². The summed E-state index contributed by atoms with van der Waals surface area (Å²) in [5.74, 6) is -5.35. The fourth-order valence-corrected chi connectivity index (χ4v) is 6.65. The molecule has 0 atom stereocenters. The second-order valence-corrected chi connectivity index (χ2v) is 14.4. The molecular weight excluding hydrogens is 861 g/mol. The first-order valence-electron chi connectivity index (χ1n) is 20.0. The van der Waals surface area contributed by atoms with Crippen LogP contribution >= 0.6 is 0 Å². The third kappa shape index (κ3) is 11.7. The number of carboxylic acids is 4. The Bertz CT molecular complexity index is 2840. The van der Waals surface area contributed by atoms with Gasteiger partial charge in [0.15, 0.2) is 0 Å². The summed E-state index contributed by atoms with van der Waals surface area (Å²) in [4.78, 5) is 55.8. The summed E-state index contributed by atoms with van der Waals surface area (Å²) in [6.45, 7) is 14.4. The van der Waals surface area contributed by atoms with Crippen molar-refractivity contribution < 1.29 is 39.6 Å². The van der Waals surface area contributed by atoms with Crippen molar-refractivity contribution >= 4 is 94.5 Å². The first-order valence-corrected chi connectivity index (χ1v) is 20.0. The van der Waals surface area contributed by atoms with Gasteiger partial charge in [-0.15, -0.1) is 0 Å². The van der Waals surface area contributed by atoms with Crippen LogP contribution < -0.4 is 9.80 Å². The molecular formula is C54H34N6O8. The summed E-state index contributed by atoms with van der Waals surface area (Å²) < 4.78 is 0. The molecule has 4 N–H and O–H groups in total. The van der Waals surface area contributed by atoms with Gasteiger partial charge in [0, 0.05) is 34.1 Å². The summed E-state index contributed by atoms with van der Waals surface area (Å²) in [5.41, 5.74) is 6.38. The first-order chi connectivity index (χ1) is 32.8. The standard InChI is InChI=1S/C54H34N6O8/c1-57-49(53(65)66)31-39-13-25-47(26-14-39)60(48-27-15-40(16-28-48)32-50(58-2)54(67)68)44-19-7-36(8-20-44)4-3-35-5-17-43(18-6-35)59(45-21-9-37(10-22-45)29-41(33-55)51(61)62)46-23-11-38(12-24-46)30-42(34-56)52(63)64/h3-32H,(H,61,62)(H,63,64)(H,65,66)(H,67,68)/b4-3?,41-29-,42-30+,49-31-,50-32+. The van der Waals surface area contributed by atoms with Crippen molar-refractivity contribution in [2.45, 2.75) is 0 Å². The molecule has 0 aromatic heterocycles. The third-order valence-corrected chi connectivity index (χ3v) is 9.99. The van der Waals surface area contributed by atoms with E-state index >= 15 is 0 Å². The van der Waals surface area contributed by atoms with E-state index in [2.05, 4.69) is 9.69 Å². The highest BCUT2D eigenvalue weighted by molar-refractivity contribution is 5.98. The highest BCUT2D eigenvalue weighted by Crippen LogP contribution is 2.37. The Morgan fingerprint density at radius 3 is 0.794 bits per heavy atom. The van der Waals surface area contributed by atoms with Crippen LogP contribution in [0.5, 0.6) is 0 Å². The Balaban J connectivity index is 1.29. The summed E-state index contributed by atoms with van der Waals surface area (Å²) in [6.07, 6.45) is 8.98. The van der Waals surface area contributed by atoms with Crippen LogP contribution in [0.3, 0.4) is 0 Å². The van der Waals surface area contributed by atoms with Crippen LogP contribution in [-0.2, 0) is 19.2 Å². The lowest BCUT2D eigenvalue weighted by Gasteiger charge is -2.26. The maximum absolute atomic E-state index is 11.4. The SMILES string of the molecule is [C-]#[N+]/C(=C\c1ccc(N(c2ccc(C=Cc3ccc(N(c4ccc(/C=C(/C#N)C(=O)O)cc4)c4ccc(/C=C(\C#N)C(=O)O)cc4)cc3)cc2)c2ccc(/C=C(/[N+]#[C-])C(=O)O)cc2)cc1)C(=O)O. The van der Waals surface area contributed by atoms with Gasteiger partial charge in [-0.25, -0.2) is 19.3 Å². The molecule has 6 rings (SSSR count). The van der Waals surface area contributed by atoms with E-state index < -0.39 is 46.4 Å². The summed E-state index contributed by atoms with van der Waals surface area (Å²) in [6, 6.07) is 46.4. The number of carbonyl (C=O) groups is 4. The van der Waals surface area contributed by atoms with Gasteiger partial charge in [0.25, 0.3) is 11.4 Å². The number of anilines is 6. The van der Waals surface area contributed by atoms with E-state index in [1.165, 1.54) is 24.3 Å². The van der Waals surface area contributed by atoms with Gasteiger partial charge in [0.1, 0.15) is 23.3 Å². The number of nitrogens with zero attached hydrogens (tertiary/aromatic N) is 6. The minimum atomic E-state index is -1.34. The molecule has 0 aliphatic rings. The van der Waals surface area contributed by atoms with Crippen LogP contribution in [0.25, 0.3) is 46.1 Å². The Morgan fingerprint density at radius 1 is 0.382 bits per heavy atom. The molecule has 0 saturated heterocycles. The second kappa shape index (κ2) is 21.7. The van der Waals surface area contributed by atoms with Crippen LogP contribution in [0.2, 0.25) is 0 Å². The maximum atomic E-state index is 11.4. The zero-order valence-corrected chi connectivity index (χ0v) is 35.4. The molecule has 0 saturated carbocycles. The Kier molecular flexibility index (Phi) is 15.0. The Morgan fingerprint density at radius 2 is 0.603 bits per heavy atom. The molecule has 0 bridgehead atoms. The minimum Gasteiger partial charge on any atom is -0.486 e. The normalized spacial score (nSPS) is 11.6. The molecule has 0 radical (unpaired) electrons. The maximum Gasteiger partial charge on any atom is 0.346 e. The van der Waals surface area contributed by atoms with Crippen LogP contribution in [0.1, 0.15) is 33.4 Å². The average Bonchev–Trinajstić information content (AvgIpc) is 3.35. The predicted octanol–water partition coefficient (Wildman–Crippen LogP) is 11.5. The minimum absolute atomic E-state index is 0.416. The van der Waals surface area contributed by atoms with Gasteiger partial charge in [-0.2, -0.15) is 10.5 Å². The Hall–Kier alpha value is -10.5. The molecule has 14 heteroatoms. The molecule has 0 fully saturated rings. The largest absolute Gasteiger partial charge is 0.486 e. The highest BCUT2D eigenvalue weighted by Gasteiger charge is 2.16. The second-order valence-electron chi connectivity index (χ2n) is 14.4. The van der Waals surface area contributed by atoms with Crippen LogP contribution in [0.4, 0.5) is 34.1 Å². The van der Waals surface area contributed by atoms with E-state index in [9.17, 15) is 50.1 Å². The summed E-state index contributed by atoms with van der Waals surface area (Å²) in [5, 5.41) is 55.8. The van der Waals surface area contributed by atoms with Gasteiger partial charge in [-0.05, 0) is 130 Å². The van der Waals surface area contributed by atoms with Crippen LogP contribution in [0, 0.1) is 35.8 Å². The number of aliphatic carboxylic acids is 4. The molecule has 6 aromatic rings. The van der Waals surface area contributed by atoms with E-state index in [4.69, 9.17) is 13.1 Å². The van der Waals surface area contributed by atoms with Crippen LogP contribution in [0.15, 0.2) is 168 Å². The third-order valence-electron chi connectivity index (χ3n) is 9.99. The molecule has 0 spiro atoms. The van der Waals surface area contributed by atoms with Crippen molar-refractivity contribution in [3.63, 3.8) is 0 Å². The van der Waals surface area contributed by atoms with Crippen molar-refractivity contribution in [1.29, 1.82) is 10.5 Å². The van der Waals surface area contributed by atoms with Gasteiger partial charge in [0.2, 0.25) is 0 Å². The van der Waals surface area contributed by atoms with E-state index in [1.54, 1.807) is 109 Å². The lowest BCUT2D eigenvalue weighted by molar-refractivity contribution is -0.133. The van der Waals surface area contributed by atoms with Gasteiger partial charge < -0.3 is 30.2 Å². The molecule has 6 aromatic carbocycles. The van der Waals surface area contributed by atoms with Crippen molar-refractivity contribution in [3.8, 4) is 12.1 Å². The fraction of sp³-hybridized carbons (Fsp3) is 0. The average molecular weight is 895 g/mol. The fourth-order valence-electron chi connectivity index (χ4n) is 6.65. The van der Waals surface area contributed by atoms with E-state index in [0.29, 0.717) is 45.0 Å². The lowest BCUT2D eigenvalue weighted by Crippen LogP contribution is -2.10. The highest BCUT2D eigenvalue weighted by atomic mass is 16.4. The van der Waals surface area contributed by atoms with Gasteiger partial charge in [0.05, 0.1) is 13.1 Å². The zero-order valence-electron chi connectivity index (χ0n) is 35.4. The monoisotopic (exact) mass is 894 g/mol. The lowest BCUT2D eigenvalue weighted by atomic mass is 10.1. The number of hydrogen-bond donors (Lipinski definition) is 4. The zero-order chi connectivity index (χ0) is 48.7. The van der Waals surface area contributed by atoms with E-state index in [1.807, 2.05) is 70.5 Å². The van der Waals surface area contributed by atoms with Gasteiger partial charge in [-0.3, -0.25) is 9.59 Å². The molecule has 0 unspecified atom stereocenters. The quantitative estimate of drug-likeness (QED) is 0.0309. The van der Waals surface area contributed by atoms with Crippen molar-refractivity contribution in [1.82, 2.24) is 0 Å².